The number of hydrogen-bond donors (Lipinski definition) is 0. The van der Waals surface area contributed by atoms with Crippen molar-refractivity contribution in [1.29, 1.82) is 0 Å². The maximum atomic E-state index is 13.0. The van der Waals surface area contributed by atoms with Gasteiger partial charge in [-0.2, -0.15) is 13.2 Å². The highest BCUT2D eigenvalue weighted by molar-refractivity contribution is 5.96. The van der Waals surface area contributed by atoms with E-state index in [0.717, 1.165) is 6.07 Å². The van der Waals surface area contributed by atoms with Crippen molar-refractivity contribution in [2.24, 2.45) is 0 Å². The number of carbonyl (C=O) groups is 1. The molecule has 1 rings (SSSR count). The van der Waals surface area contributed by atoms with Crippen LogP contribution in [0.3, 0.4) is 0 Å². The summed E-state index contributed by atoms with van der Waals surface area (Å²) in [5.74, 6) is -1.84. The third kappa shape index (κ3) is 4.31. The fourth-order valence-corrected chi connectivity index (χ4v) is 1.51. The van der Waals surface area contributed by atoms with Gasteiger partial charge in [0, 0.05) is 19.1 Å². The van der Waals surface area contributed by atoms with E-state index >= 15 is 0 Å². The van der Waals surface area contributed by atoms with Gasteiger partial charge in [-0.1, -0.05) is 0 Å². The Labute approximate surface area is 108 Å². The molecule has 2 nitrogen and oxygen atoms in total. The minimum Gasteiger partial charge on any atom is -0.382 e. The van der Waals surface area contributed by atoms with Gasteiger partial charge < -0.3 is 4.74 Å². The van der Waals surface area contributed by atoms with Crippen LogP contribution in [0.25, 0.3) is 0 Å². The molecule has 1 unspecified atom stereocenters. The maximum absolute atomic E-state index is 13.0. The van der Waals surface area contributed by atoms with Gasteiger partial charge in [-0.05, 0) is 31.5 Å². The lowest BCUT2D eigenvalue weighted by Crippen LogP contribution is -2.12. The minimum absolute atomic E-state index is 0.0535. The average molecular weight is 278 g/mol. The van der Waals surface area contributed by atoms with Gasteiger partial charge in [-0.25, -0.2) is 4.39 Å². The Morgan fingerprint density at radius 2 is 2.00 bits per heavy atom. The molecule has 0 saturated heterocycles. The Bertz CT molecular complexity index is 454. The van der Waals surface area contributed by atoms with E-state index in [1.54, 1.807) is 6.92 Å². The number of hydrogen-bond acceptors (Lipinski definition) is 2. The molecule has 1 aromatic rings. The maximum Gasteiger partial charge on any atom is 0.419 e. The highest BCUT2D eigenvalue weighted by atomic mass is 19.4. The van der Waals surface area contributed by atoms with E-state index in [1.807, 2.05) is 0 Å². The summed E-state index contributed by atoms with van der Waals surface area (Å²) in [7, 11) is 1.48. The second-order valence-electron chi connectivity index (χ2n) is 4.20. The Morgan fingerprint density at radius 1 is 1.37 bits per heavy atom. The monoisotopic (exact) mass is 278 g/mol. The summed E-state index contributed by atoms with van der Waals surface area (Å²) in [5, 5.41) is 0. The van der Waals surface area contributed by atoms with Gasteiger partial charge in [0.2, 0.25) is 0 Å². The van der Waals surface area contributed by atoms with Crippen molar-refractivity contribution in [1.82, 2.24) is 0 Å². The molecular formula is C13H14F4O2. The number of halogens is 4. The smallest absolute Gasteiger partial charge is 0.382 e. The Hall–Kier alpha value is -1.43. The summed E-state index contributed by atoms with van der Waals surface area (Å²) in [5.41, 5.74) is -1.56. The number of ketones is 1. The topological polar surface area (TPSA) is 26.3 Å². The molecule has 0 amide bonds. The molecule has 0 aliphatic heterocycles. The predicted octanol–water partition coefficient (Wildman–Crippen LogP) is 3.84. The van der Waals surface area contributed by atoms with Gasteiger partial charge >= 0.3 is 6.18 Å². The molecule has 0 N–H and O–H groups in total. The van der Waals surface area contributed by atoms with Gasteiger partial charge in [-0.3, -0.25) is 4.79 Å². The lowest BCUT2D eigenvalue weighted by molar-refractivity contribution is -0.140. The summed E-state index contributed by atoms with van der Waals surface area (Å²) in [6, 6.07) is 2.27. The number of alkyl halides is 3. The molecule has 0 spiro atoms. The van der Waals surface area contributed by atoms with Crippen LogP contribution in [0.5, 0.6) is 0 Å². The highest BCUT2D eigenvalue weighted by Gasteiger charge is 2.34. The molecule has 0 radical (unpaired) electrons. The molecule has 1 aromatic carbocycles. The van der Waals surface area contributed by atoms with Crippen LogP contribution in [-0.2, 0) is 10.9 Å². The van der Waals surface area contributed by atoms with E-state index in [1.165, 1.54) is 7.11 Å². The third-order valence-electron chi connectivity index (χ3n) is 2.77. The van der Waals surface area contributed by atoms with Gasteiger partial charge in [0.25, 0.3) is 0 Å². The van der Waals surface area contributed by atoms with E-state index in [-0.39, 0.29) is 18.1 Å². The van der Waals surface area contributed by atoms with Crippen LogP contribution < -0.4 is 0 Å². The van der Waals surface area contributed by atoms with E-state index in [0.29, 0.717) is 18.6 Å². The van der Waals surface area contributed by atoms with Crippen molar-refractivity contribution >= 4 is 5.78 Å². The molecule has 0 saturated carbocycles. The van der Waals surface area contributed by atoms with Crippen LogP contribution in [0.4, 0.5) is 17.6 Å². The number of ether oxygens (including phenoxy) is 1. The first-order valence-corrected chi connectivity index (χ1v) is 5.68. The molecule has 0 bridgehead atoms. The van der Waals surface area contributed by atoms with Crippen LogP contribution in [0, 0.1) is 5.82 Å². The first kappa shape index (κ1) is 15.6. The Kier molecular flexibility index (Phi) is 5.05. The average Bonchev–Trinajstić information content (AvgIpc) is 2.34. The number of Topliss-reactive ketones (excluding diaryl/α,β-unsaturated/α-hetero) is 1. The molecule has 106 valence electrons. The molecule has 0 aliphatic rings. The van der Waals surface area contributed by atoms with Gasteiger partial charge in [-0.15, -0.1) is 0 Å². The van der Waals surface area contributed by atoms with Crippen LogP contribution in [0.2, 0.25) is 0 Å². The van der Waals surface area contributed by atoms with E-state index in [9.17, 15) is 22.4 Å². The number of benzene rings is 1. The number of carbonyl (C=O) groups excluding carboxylic acids is 1. The zero-order chi connectivity index (χ0) is 14.6. The molecule has 19 heavy (non-hydrogen) atoms. The largest absolute Gasteiger partial charge is 0.419 e. The van der Waals surface area contributed by atoms with Crippen molar-refractivity contribution in [3.63, 3.8) is 0 Å². The quantitative estimate of drug-likeness (QED) is 0.604. The lowest BCUT2D eigenvalue weighted by Gasteiger charge is -2.11. The van der Waals surface area contributed by atoms with Crippen molar-refractivity contribution in [3.05, 3.63) is 35.1 Å². The molecule has 1 atom stereocenters. The van der Waals surface area contributed by atoms with Gasteiger partial charge in [0.05, 0.1) is 11.7 Å². The van der Waals surface area contributed by atoms with Crippen molar-refractivity contribution in [3.8, 4) is 0 Å². The van der Waals surface area contributed by atoms with Crippen LogP contribution in [0.1, 0.15) is 35.7 Å². The fraction of sp³-hybridized carbons (Fsp3) is 0.462. The summed E-state index contributed by atoms with van der Waals surface area (Å²) >= 11 is 0. The molecule has 0 heterocycles. The minimum atomic E-state index is -4.81. The van der Waals surface area contributed by atoms with Crippen LogP contribution >= 0.6 is 0 Å². The molecule has 6 heteroatoms. The second kappa shape index (κ2) is 6.14. The molecule has 0 fully saturated rings. The summed E-state index contributed by atoms with van der Waals surface area (Å²) in [6.07, 6.45) is -4.52. The number of rotatable bonds is 5. The zero-order valence-electron chi connectivity index (χ0n) is 10.6. The fourth-order valence-electron chi connectivity index (χ4n) is 1.51. The van der Waals surface area contributed by atoms with E-state index < -0.39 is 23.3 Å². The Balaban J connectivity index is 2.87. The van der Waals surface area contributed by atoms with Crippen molar-refractivity contribution in [2.75, 3.05) is 7.11 Å². The van der Waals surface area contributed by atoms with Crippen LogP contribution in [0.15, 0.2) is 18.2 Å². The zero-order valence-corrected chi connectivity index (χ0v) is 10.6. The summed E-state index contributed by atoms with van der Waals surface area (Å²) < 4.78 is 55.5. The van der Waals surface area contributed by atoms with Crippen molar-refractivity contribution in [2.45, 2.75) is 32.0 Å². The van der Waals surface area contributed by atoms with Crippen LogP contribution in [-0.4, -0.2) is 19.0 Å². The van der Waals surface area contributed by atoms with Gasteiger partial charge in [0.15, 0.2) is 5.78 Å². The number of methoxy groups -OCH3 is 1. The second-order valence-corrected chi connectivity index (χ2v) is 4.20. The predicted molar refractivity (Wildman–Crippen MR) is 61.4 cm³/mol. The molecule has 0 aliphatic carbocycles. The SMILES string of the molecule is COC(C)CCC(=O)c1ccc(F)c(C(F)(F)F)c1. The standard InChI is InChI=1S/C13H14F4O2/c1-8(19-2)3-6-12(18)9-4-5-11(14)10(7-9)13(15,16)17/h4-5,7-8H,3,6H2,1-2H3. The molecule has 0 aromatic heterocycles. The lowest BCUT2D eigenvalue weighted by atomic mass is 10.0. The summed E-state index contributed by atoms with van der Waals surface area (Å²) in [4.78, 5) is 11.7. The first-order chi connectivity index (χ1) is 8.75. The van der Waals surface area contributed by atoms with Crippen molar-refractivity contribution < 1.29 is 27.1 Å². The molecular weight excluding hydrogens is 264 g/mol. The third-order valence-corrected chi connectivity index (χ3v) is 2.77. The highest BCUT2D eigenvalue weighted by Crippen LogP contribution is 2.32. The van der Waals surface area contributed by atoms with E-state index in [2.05, 4.69) is 0 Å². The Morgan fingerprint density at radius 3 is 2.53 bits per heavy atom. The summed E-state index contributed by atoms with van der Waals surface area (Å²) in [6.45, 7) is 1.75. The van der Waals surface area contributed by atoms with E-state index in [4.69, 9.17) is 4.74 Å². The normalized spacial score (nSPS) is 13.4. The van der Waals surface area contributed by atoms with Gasteiger partial charge in [0.1, 0.15) is 5.82 Å². The first-order valence-electron chi connectivity index (χ1n) is 5.68.